The summed E-state index contributed by atoms with van der Waals surface area (Å²) in [5, 5.41) is 11.6. The predicted octanol–water partition coefficient (Wildman–Crippen LogP) is 1.92. The number of aromatic nitrogens is 1. The lowest BCUT2D eigenvalue weighted by atomic mass is 10.1. The fourth-order valence-electron chi connectivity index (χ4n) is 1.75. The van der Waals surface area contributed by atoms with Crippen molar-refractivity contribution < 1.29 is 14.4 Å². The van der Waals surface area contributed by atoms with E-state index >= 15 is 0 Å². The van der Waals surface area contributed by atoms with Crippen molar-refractivity contribution >= 4 is 16.6 Å². The lowest BCUT2D eigenvalue weighted by Gasteiger charge is -2.07. The van der Waals surface area contributed by atoms with Gasteiger partial charge in [-0.3, -0.25) is 10.1 Å². The number of nitrogens with zero attached hydrogens (tertiary/aromatic N) is 2. The maximum absolute atomic E-state index is 10.9. The average molecular weight is 246 g/mol. The molecule has 0 spiro atoms. The smallest absolute Gasteiger partial charge is 0.295 e. The van der Waals surface area contributed by atoms with Gasteiger partial charge in [-0.05, 0) is 18.2 Å². The number of fused-ring (bicyclic) bond motifs is 1. The third-order valence-electron chi connectivity index (χ3n) is 2.73. The summed E-state index contributed by atoms with van der Waals surface area (Å²) in [4.78, 5) is 14.5. The van der Waals surface area contributed by atoms with Crippen LogP contribution in [0.5, 0.6) is 5.75 Å². The number of hydrogen-bond donors (Lipinski definition) is 0. The minimum Gasteiger partial charge on any atom is -0.490 e. The summed E-state index contributed by atoms with van der Waals surface area (Å²) >= 11 is 0. The quantitative estimate of drug-likeness (QED) is 0.468. The van der Waals surface area contributed by atoms with E-state index in [0.29, 0.717) is 29.9 Å². The highest BCUT2D eigenvalue weighted by atomic mass is 16.6. The van der Waals surface area contributed by atoms with Gasteiger partial charge in [0.25, 0.3) is 5.69 Å². The molecule has 0 saturated carbocycles. The van der Waals surface area contributed by atoms with Crippen LogP contribution in [0.15, 0.2) is 30.5 Å². The molecule has 1 fully saturated rings. The van der Waals surface area contributed by atoms with Gasteiger partial charge in [-0.2, -0.15) is 0 Å². The summed E-state index contributed by atoms with van der Waals surface area (Å²) in [5.74, 6) is 0.596. The second-order valence-corrected chi connectivity index (χ2v) is 4.01. The zero-order valence-electron chi connectivity index (χ0n) is 9.41. The van der Waals surface area contributed by atoms with E-state index in [2.05, 4.69) is 4.98 Å². The third-order valence-corrected chi connectivity index (χ3v) is 2.73. The third kappa shape index (κ3) is 1.98. The molecule has 6 heteroatoms. The van der Waals surface area contributed by atoms with Crippen LogP contribution < -0.4 is 4.74 Å². The number of benzene rings is 1. The lowest BCUT2D eigenvalue weighted by Crippen LogP contribution is -2.04. The Balaban J connectivity index is 2.04. The number of pyridine rings is 1. The van der Waals surface area contributed by atoms with Gasteiger partial charge in [0.05, 0.1) is 11.5 Å². The number of nitro groups is 1. The van der Waals surface area contributed by atoms with Crippen LogP contribution in [-0.4, -0.2) is 29.2 Å². The molecule has 1 aromatic heterocycles. The fourth-order valence-corrected chi connectivity index (χ4v) is 1.75. The van der Waals surface area contributed by atoms with E-state index in [9.17, 15) is 10.1 Å². The Kier molecular flexibility index (Phi) is 2.56. The molecule has 0 radical (unpaired) electrons. The van der Waals surface area contributed by atoms with Crippen LogP contribution in [0.4, 0.5) is 5.69 Å². The lowest BCUT2D eigenvalue weighted by molar-refractivity contribution is -0.383. The van der Waals surface area contributed by atoms with Crippen molar-refractivity contribution in [3.05, 3.63) is 40.6 Å². The van der Waals surface area contributed by atoms with Crippen molar-refractivity contribution in [3.8, 4) is 5.75 Å². The first-order valence-electron chi connectivity index (χ1n) is 5.52. The molecule has 6 nitrogen and oxygen atoms in total. The Morgan fingerprint density at radius 3 is 3.06 bits per heavy atom. The van der Waals surface area contributed by atoms with Crippen LogP contribution in [0.1, 0.15) is 0 Å². The van der Waals surface area contributed by atoms with Crippen LogP contribution in [0.2, 0.25) is 0 Å². The van der Waals surface area contributed by atoms with Gasteiger partial charge in [-0.25, -0.2) is 4.98 Å². The SMILES string of the molecule is O=[N+]([O-])c1ccc(OCC2CO2)c2cccnc12. The number of epoxide rings is 1. The molecule has 1 unspecified atom stereocenters. The summed E-state index contributed by atoms with van der Waals surface area (Å²) in [6.45, 7) is 1.17. The zero-order valence-corrected chi connectivity index (χ0v) is 9.41. The molecule has 18 heavy (non-hydrogen) atoms. The normalized spacial score (nSPS) is 17.7. The van der Waals surface area contributed by atoms with Crippen molar-refractivity contribution in [1.82, 2.24) is 4.98 Å². The van der Waals surface area contributed by atoms with Crippen LogP contribution in [0, 0.1) is 10.1 Å². The highest BCUT2D eigenvalue weighted by Crippen LogP contribution is 2.31. The first-order valence-corrected chi connectivity index (χ1v) is 5.52. The topological polar surface area (TPSA) is 77.8 Å². The Morgan fingerprint density at radius 1 is 1.50 bits per heavy atom. The Labute approximate surface area is 102 Å². The number of nitro benzene ring substituents is 1. The van der Waals surface area contributed by atoms with Gasteiger partial charge >= 0.3 is 0 Å². The minimum atomic E-state index is -0.441. The monoisotopic (exact) mass is 246 g/mol. The molecule has 0 amide bonds. The van der Waals surface area contributed by atoms with Crippen LogP contribution in [0.25, 0.3) is 10.9 Å². The maximum atomic E-state index is 10.9. The summed E-state index contributed by atoms with van der Waals surface area (Å²) < 4.78 is 10.6. The van der Waals surface area contributed by atoms with Crippen LogP contribution in [0.3, 0.4) is 0 Å². The molecule has 0 aliphatic carbocycles. The van der Waals surface area contributed by atoms with Gasteiger partial charge in [-0.1, -0.05) is 0 Å². The van der Waals surface area contributed by atoms with E-state index in [1.807, 2.05) is 0 Å². The second kappa shape index (κ2) is 4.23. The molecule has 1 atom stereocenters. The summed E-state index contributed by atoms with van der Waals surface area (Å²) in [5.41, 5.74) is 0.331. The van der Waals surface area contributed by atoms with Crippen molar-refractivity contribution in [3.63, 3.8) is 0 Å². The summed E-state index contributed by atoms with van der Waals surface area (Å²) in [6, 6.07) is 6.51. The molecule has 1 aliphatic rings. The van der Waals surface area contributed by atoms with Crippen LogP contribution >= 0.6 is 0 Å². The summed E-state index contributed by atoms with van der Waals surface area (Å²) in [7, 11) is 0. The van der Waals surface area contributed by atoms with E-state index in [4.69, 9.17) is 9.47 Å². The largest absolute Gasteiger partial charge is 0.490 e. The van der Waals surface area contributed by atoms with Gasteiger partial charge in [0.15, 0.2) is 5.52 Å². The number of hydrogen-bond acceptors (Lipinski definition) is 5. The van der Waals surface area contributed by atoms with Gasteiger partial charge in [0.2, 0.25) is 0 Å². The van der Waals surface area contributed by atoms with E-state index in [1.54, 1.807) is 18.2 Å². The van der Waals surface area contributed by atoms with Gasteiger partial charge < -0.3 is 9.47 Å². The van der Waals surface area contributed by atoms with Gasteiger partial charge in [0, 0.05) is 17.6 Å². The Hall–Kier alpha value is -2.21. The van der Waals surface area contributed by atoms with Crippen LogP contribution in [-0.2, 0) is 4.74 Å². The van der Waals surface area contributed by atoms with Gasteiger partial charge in [0.1, 0.15) is 18.5 Å². The van der Waals surface area contributed by atoms with Crippen molar-refractivity contribution in [2.45, 2.75) is 6.10 Å². The molecule has 1 aromatic carbocycles. The summed E-state index contributed by atoms with van der Waals surface area (Å²) in [6.07, 6.45) is 1.68. The van der Waals surface area contributed by atoms with Crippen molar-refractivity contribution in [2.75, 3.05) is 13.2 Å². The molecule has 92 valence electrons. The first-order chi connectivity index (χ1) is 8.75. The maximum Gasteiger partial charge on any atom is 0.295 e. The highest BCUT2D eigenvalue weighted by Gasteiger charge is 2.24. The molecule has 1 aliphatic heterocycles. The zero-order chi connectivity index (χ0) is 12.5. The molecule has 2 heterocycles. The fraction of sp³-hybridized carbons (Fsp3) is 0.250. The molecular formula is C12H10N2O4. The van der Waals surface area contributed by atoms with Crippen molar-refractivity contribution in [1.29, 1.82) is 0 Å². The highest BCUT2D eigenvalue weighted by molar-refractivity contribution is 5.91. The molecular weight excluding hydrogens is 236 g/mol. The number of non-ortho nitro benzene ring substituents is 1. The predicted molar refractivity (Wildman–Crippen MR) is 63.6 cm³/mol. The van der Waals surface area contributed by atoms with Gasteiger partial charge in [-0.15, -0.1) is 0 Å². The average Bonchev–Trinajstić information content (AvgIpc) is 3.19. The number of rotatable bonds is 4. The number of ether oxygens (including phenoxy) is 2. The Morgan fingerprint density at radius 2 is 2.33 bits per heavy atom. The van der Waals surface area contributed by atoms with E-state index in [1.165, 1.54) is 12.3 Å². The first kappa shape index (κ1) is 10.9. The molecule has 1 saturated heterocycles. The second-order valence-electron chi connectivity index (χ2n) is 4.01. The molecule has 3 rings (SSSR count). The van der Waals surface area contributed by atoms with E-state index in [-0.39, 0.29) is 11.8 Å². The van der Waals surface area contributed by atoms with E-state index in [0.717, 1.165) is 0 Å². The van der Waals surface area contributed by atoms with Crippen molar-refractivity contribution in [2.24, 2.45) is 0 Å². The molecule has 0 N–H and O–H groups in total. The molecule has 0 bridgehead atoms. The minimum absolute atomic E-state index is 0.0133. The van der Waals surface area contributed by atoms with E-state index < -0.39 is 4.92 Å². The molecule has 2 aromatic rings. The Bertz CT molecular complexity index is 610. The standard InChI is InChI=1S/C12H10N2O4/c15-14(16)10-3-4-11(18-7-8-6-17-8)9-2-1-5-13-12(9)10/h1-5,8H,6-7H2.